The summed E-state index contributed by atoms with van der Waals surface area (Å²) in [6.45, 7) is 0.394. The summed E-state index contributed by atoms with van der Waals surface area (Å²) < 4.78 is 37.7. The summed E-state index contributed by atoms with van der Waals surface area (Å²) in [5.74, 6) is 0. The predicted molar refractivity (Wildman–Crippen MR) is 73.5 cm³/mol. The zero-order valence-corrected chi connectivity index (χ0v) is 11.4. The number of benzene rings is 1. The number of aromatic nitrogens is 2. The van der Waals surface area contributed by atoms with Crippen LogP contribution in [0.25, 0.3) is 0 Å². The summed E-state index contributed by atoms with van der Waals surface area (Å²) in [6.07, 6.45) is -1.66. The van der Waals surface area contributed by atoms with E-state index >= 15 is 0 Å². The Morgan fingerprint density at radius 1 is 1.32 bits per heavy atom. The highest BCUT2D eigenvalue weighted by atomic mass is 19.4. The topological polar surface area (TPSA) is 83.8 Å². The van der Waals surface area contributed by atoms with Gasteiger partial charge in [0.15, 0.2) is 0 Å². The lowest BCUT2D eigenvalue weighted by Gasteiger charge is -2.10. The fraction of sp³-hybridized carbons (Fsp3) is 0.308. The number of alkyl halides is 3. The second-order valence-corrected chi connectivity index (χ2v) is 4.60. The van der Waals surface area contributed by atoms with Gasteiger partial charge in [-0.15, -0.1) is 0 Å². The Morgan fingerprint density at radius 3 is 2.68 bits per heavy atom. The van der Waals surface area contributed by atoms with E-state index in [1.54, 1.807) is 12.3 Å². The zero-order valence-electron chi connectivity index (χ0n) is 11.4. The summed E-state index contributed by atoms with van der Waals surface area (Å²) in [5, 5.41) is 20.3. The lowest BCUT2D eigenvalue weighted by atomic mass is 10.1. The van der Waals surface area contributed by atoms with Crippen molar-refractivity contribution in [1.29, 1.82) is 0 Å². The second kappa shape index (κ2) is 6.46. The zero-order chi connectivity index (χ0) is 16.2. The number of nitro groups is 1. The monoisotopic (exact) mass is 314 g/mol. The molecule has 6 nitrogen and oxygen atoms in total. The number of rotatable bonds is 6. The normalized spacial score (nSPS) is 11.4. The molecule has 0 aliphatic heterocycles. The molecule has 2 rings (SSSR count). The summed E-state index contributed by atoms with van der Waals surface area (Å²) in [5.41, 5.74) is -0.634. The third-order valence-electron chi connectivity index (χ3n) is 3.02. The highest BCUT2D eigenvalue weighted by molar-refractivity contribution is 5.62. The summed E-state index contributed by atoms with van der Waals surface area (Å²) >= 11 is 0. The van der Waals surface area contributed by atoms with Gasteiger partial charge in [0, 0.05) is 24.5 Å². The summed E-state index contributed by atoms with van der Waals surface area (Å²) in [7, 11) is 0. The van der Waals surface area contributed by atoms with Crippen molar-refractivity contribution >= 4 is 11.4 Å². The standard InChI is InChI=1S/C13H13F3N4O2/c14-13(15,16)9-3-4-11(12(8-9)20(21)22)17-6-1-2-10-5-7-18-19-10/h3-5,7-8,17H,1-2,6H2,(H,18,19). The van der Waals surface area contributed by atoms with Crippen molar-refractivity contribution in [1.82, 2.24) is 10.2 Å². The molecule has 0 amide bonds. The lowest BCUT2D eigenvalue weighted by molar-refractivity contribution is -0.384. The van der Waals surface area contributed by atoms with Crippen LogP contribution >= 0.6 is 0 Å². The molecule has 2 aromatic rings. The van der Waals surface area contributed by atoms with Crippen molar-refractivity contribution in [2.24, 2.45) is 0 Å². The van der Waals surface area contributed by atoms with Crippen LogP contribution in [0, 0.1) is 10.1 Å². The molecule has 118 valence electrons. The van der Waals surface area contributed by atoms with Gasteiger partial charge in [-0.25, -0.2) is 0 Å². The SMILES string of the molecule is O=[N+]([O-])c1cc(C(F)(F)F)ccc1NCCCc1ccn[nH]1. The minimum Gasteiger partial charge on any atom is -0.379 e. The third-order valence-corrected chi connectivity index (χ3v) is 3.02. The summed E-state index contributed by atoms with van der Waals surface area (Å²) in [4.78, 5) is 10.1. The van der Waals surface area contributed by atoms with E-state index in [0.717, 1.165) is 17.8 Å². The number of halogens is 3. The molecule has 0 aliphatic carbocycles. The van der Waals surface area contributed by atoms with Crippen LogP contribution < -0.4 is 5.32 Å². The maximum absolute atomic E-state index is 12.6. The van der Waals surface area contributed by atoms with Crippen molar-refractivity contribution in [3.63, 3.8) is 0 Å². The number of aromatic amines is 1. The maximum Gasteiger partial charge on any atom is 0.416 e. The Labute approximate surface area is 123 Å². The maximum atomic E-state index is 12.6. The molecule has 0 bridgehead atoms. The molecular formula is C13H13F3N4O2. The Balaban J connectivity index is 2.02. The van der Waals surface area contributed by atoms with Gasteiger partial charge >= 0.3 is 6.18 Å². The first-order valence-electron chi connectivity index (χ1n) is 6.45. The molecule has 0 unspecified atom stereocenters. The van der Waals surface area contributed by atoms with Crippen LogP contribution in [0.5, 0.6) is 0 Å². The van der Waals surface area contributed by atoms with Crippen molar-refractivity contribution in [2.45, 2.75) is 19.0 Å². The smallest absolute Gasteiger partial charge is 0.379 e. The van der Waals surface area contributed by atoms with E-state index in [-0.39, 0.29) is 5.69 Å². The molecule has 1 heterocycles. The van der Waals surface area contributed by atoms with Gasteiger partial charge in [0.2, 0.25) is 0 Å². The van der Waals surface area contributed by atoms with Crippen LogP contribution in [0.4, 0.5) is 24.5 Å². The first kappa shape index (κ1) is 15.8. The van der Waals surface area contributed by atoms with Gasteiger partial charge in [-0.1, -0.05) is 0 Å². The molecule has 0 spiro atoms. The fourth-order valence-electron chi connectivity index (χ4n) is 1.93. The van der Waals surface area contributed by atoms with E-state index in [4.69, 9.17) is 0 Å². The van der Waals surface area contributed by atoms with E-state index in [9.17, 15) is 23.3 Å². The number of aryl methyl sites for hydroxylation is 1. The number of H-pyrrole nitrogens is 1. The van der Waals surface area contributed by atoms with E-state index in [0.29, 0.717) is 25.5 Å². The Bertz CT molecular complexity index is 641. The van der Waals surface area contributed by atoms with Crippen LogP contribution in [0.3, 0.4) is 0 Å². The Hall–Kier alpha value is -2.58. The molecule has 0 saturated heterocycles. The average Bonchev–Trinajstić information content (AvgIpc) is 2.95. The third kappa shape index (κ3) is 3.96. The molecule has 22 heavy (non-hydrogen) atoms. The highest BCUT2D eigenvalue weighted by Gasteiger charge is 2.32. The van der Waals surface area contributed by atoms with Crippen LogP contribution in [0.15, 0.2) is 30.5 Å². The number of nitrogens with zero attached hydrogens (tertiary/aromatic N) is 2. The van der Waals surface area contributed by atoms with Crippen molar-refractivity contribution in [3.8, 4) is 0 Å². The molecule has 1 aromatic carbocycles. The molecule has 0 aliphatic rings. The van der Waals surface area contributed by atoms with Gasteiger partial charge in [-0.2, -0.15) is 18.3 Å². The van der Waals surface area contributed by atoms with E-state index in [1.165, 1.54) is 0 Å². The minimum absolute atomic E-state index is 0.0719. The van der Waals surface area contributed by atoms with Crippen molar-refractivity contribution in [3.05, 3.63) is 51.8 Å². The first-order chi connectivity index (χ1) is 10.4. The van der Waals surface area contributed by atoms with Crippen LogP contribution in [-0.4, -0.2) is 21.7 Å². The molecule has 0 saturated carbocycles. The average molecular weight is 314 g/mol. The molecule has 9 heteroatoms. The van der Waals surface area contributed by atoms with Gasteiger partial charge in [-0.3, -0.25) is 15.2 Å². The van der Waals surface area contributed by atoms with Crippen LogP contribution in [-0.2, 0) is 12.6 Å². The van der Waals surface area contributed by atoms with Crippen LogP contribution in [0.2, 0.25) is 0 Å². The molecule has 0 fully saturated rings. The summed E-state index contributed by atoms with van der Waals surface area (Å²) in [6, 6.07) is 4.25. The molecule has 2 N–H and O–H groups in total. The van der Waals surface area contributed by atoms with Gasteiger partial charge in [-0.05, 0) is 31.0 Å². The number of hydrogen-bond donors (Lipinski definition) is 2. The minimum atomic E-state index is -4.61. The van der Waals surface area contributed by atoms with Crippen molar-refractivity contribution < 1.29 is 18.1 Å². The van der Waals surface area contributed by atoms with Crippen LogP contribution in [0.1, 0.15) is 17.7 Å². The number of nitro benzene ring substituents is 1. The first-order valence-corrected chi connectivity index (χ1v) is 6.45. The highest BCUT2D eigenvalue weighted by Crippen LogP contribution is 2.34. The largest absolute Gasteiger partial charge is 0.416 e. The molecule has 0 radical (unpaired) electrons. The Kier molecular flexibility index (Phi) is 4.64. The number of nitrogens with one attached hydrogen (secondary N) is 2. The molecule has 0 atom stereocenters. The van der Waals surface area contributed by atoms with Gasteiger partial charge in [0.1, 0.15) is 5.69 Å². The lowest BCUT2D eigenvalue weighted by Crippen LogP contribution is -2.09. The second-order valence-electron chi connectivity index (χ2n) is 4.60. The van der Waals surface area contributed by atoms with Gasteiger partial charge < -0.3 is 5.32 Å². The van der Waals surface area contributed by atoms with Gasteiger partial charge in [0.05, 0.1) is 10.5 Å². The number of hydrogen-bond acceptors (Lipinski definition) is 4. The van der Waals surface area contributed by atoms with E-state index in [1.807, 2.05) is 0 Å². The fourth-order valence-corrected chi connectivity index (χ4v) is 1.93. The van der Waals surface area contributed by atoms with E-state index < -0.39 is 22.4 Å². The van der Waals surface area contributed by atoms with Crippen molar-refractivity contribution in [2.75, 3.05) is 11.9 Å². The quantitative estimate of drug-likeness (QED) is 0.486. The van der Waals surface area contributed by atoms with Gasteiger partial charge in [0.25, 0.3) is 5.69 Å². The number of anilines is 1. The Morgan fingerprint density at radius 2 is 2.09 bits per heavy atom. The van der Waals surface area contributed by atoms with E-state index in [2.05, 4.69) is 15.5 Å². The predicted octanol–water partition coefficient (Wildman–Crippen LogP) is 3.38. The molecular weight excluding hydrogens is 301 g/mol. The molecule has 1 aromatic heterocycles.